The summed E-state index contributed by atoms with van der Waals surface area (Å²) in [6.45, 7) is 12.4. The zero-order valence-corrected chi connectivity index (χ0v) is 20.5. The highest BCUT2D eigenvalue weighted by molar-refractivity contribution is 4.94. The van der Waals surface area contributed by atoms with Crippen molar-refractivity contribution in [3.63, 3.8) is 0 Å². The van der Waals surface area contributed by atoms with Gasteiger partial charge in [-0.1, -0.05) is 111 Å². The van der Waals surface area contributed by atoms with E-state index in [0.717, 1.165) is 12.5 Å². The van der Waals surface area contributed by atoms with Crippen LogP contribution in [0.1, 0.15) is 144 Å². The van der Waals surface area contributed by atoms with Crippen LogP contribution < -0.4 is 11.5 Å². The van der Waals surface area contributed by atoms with E-state index >= 15 is 0 Å². The van der Waals surface area contributed by atoms with Crippen molar-refractivity contribution in [1.82, 2.24) is 0 Å². The maximum atomic E-state index is 6.59. The number of nitrogens with two attached hydrogens (primary N) is 2. The van der Waals surface area contributed by atoms with Gasteiger partial charge in [0.15, 0.2) is 0 Å². The molecule has 0 saturated carbocycles. The normalized spacial score (nSPS) is 13.8. The maximum absolute atomic E-state index is 6.59. The molecule has 170 valence electrons. The van der Waals surface area contributed by atoms with E-state index in [1.54, 1.807) is 0 Å². The Hall–Kier alpha value is -0.0800. The lowest BCUT2D eigenvalue weighted by molar-refractivity contribution is 0.0893. The summed E-state index contributed by atoms with van der Waals surface area (Å²) in [6.07, 6.45) is 23.4. The molecule has 1 unspecified atom stereocenters. The third-order valence-electron chi connectivity index (χ3n) is 7.34. The number of hydrogen-bond donors (Lipinski definition) is 2. The Morgan fingerprint density at radius 3 is 1.29 bits per heavy atom. The molecule has 0 radical (unpaired) electrons. The molecular formula is C26H56N2. The molecule has 0 aliphatic heterocycles. The van der Waals surface area contributed by atoms with Gasteiger partial charge in [0.1, 0.15) is 0 Å². The fourth-order valence-corrected chi connectivity index (χ4v) is 4.34. The van der Waals surface area contributed by atoms with E-state index in [1.807, 2.05) is 0 Å². The zero-order valence-electron chi connectivity index (χ0n) is 20.5. The van der Waals surface area contributed by atoms with Crippen LogP contribution in [0.25, 0.3) is 0 Å². The average Bonchev–Trinajstić information content (AvgIpc) is 2.63. The summed E-state index contributed by atoms with van der Waals surface area (Å²) in [5.74, 6) is 0.746. The van der Waals surface area contributed by atoms with Crippen molar-refractivity contribution < 1.29 is 0 Å². The molecule has 2 heteroatoms. The molecule has 0 aromatic rings. The predicted octanol–water partition coefficient (Wildman–Crippen LogP) is 7.98. The van der Waals surface area contributed by atoms with Crippen LogP contribution in [-0.2, 0) is 0 Å². The average molecular weight is 397 g/mol. The van der Waals surface area contributed by atoms with Crippen molar-refractivity contribution in [2.24, 2.45) is 22.8 Å². The van der Waals surface area contributed by atoms with Gasteiger partial charge in [0.2, 0.25) is 0 Å². The van der Waals surface area contributed by atoms with E-state index in [2.05, 4.69) is 34.6 Å². The third kappa shape index (κ3) is 13.2. The summed E-state index contributed by atoms with van der Waals surface area (Å²) < 4.78 is 0. The lowest BCUT2D eigenvalue weighted by atomic mass is 9.63. The minimum absolute atomic E-state index is 0.115. The highest BCUT2D eigenvalue weighted by atomic mass is 14.8. The van der Waals surface area contributed by atoms with E-state index in [0.29, 0.717) is 0 Å². The zero-order chi connectivity index (χ0) is 21.3. The molecule has 1 atom stereocenters. The van der Waals surface area contributed by atoms with Crippen molar-refractivity contribution >= 4 is 0 Å². The van der Waals surface area contributed by atoms with Gasteiger partial charge >= 0.3 is 0 Å². The van der Waals surface area contributed by atoms with Gasteiger partial charge < -0.3 is 11.5 Å². The Bertz CT molecular complexity index is 330. The second-order valence-electron chi connectivity index (χ2n) is 10.5. The van der Waals surface area contributed by atoms with E-state index in [-0.39, 0.29) is 11.0 Å². The fraction of sp³-hybridized carbons (Fsp3) is 1.00. The Morgan fingerprint density at radius 1 is 0.571 bits per heavy atom. The second-order valence-corrected chi connectivity index (χ2v) is 10.5. The van der Waals surface area contributed by atoms with Crippen LogP contribution >= 0.6 is 0 Å². The number of rotatable bonds is 20. The van der Waals surface area contributed by atoms with Crippen molar-refractivity contribution in [1.29, 1.82) is 0 Å². The molecule has 0 bridgehead atoms. The minimum atomic E-state index is -0.115. The first kappa shape index (κ1) is 27.9. The fourth-order valence-electron chi connectivity index (χ4n) is 4.34. The van der Waals surface area contributed by atoms with Gasteiger partial charge in [-0.15, -0.1) is 0 Å². The summed E-state index contributed by atoms with van der Waals surface area (Å²) in [4.78, 5) is 0. The molecule has 0 aliphatic carbocycles. The molecule has 0 rings (SSSR count). The van der Waals surface area contributed by atoms with Crippen LogP contribution in [-0.4, -0.2) is 12.1 Å². The molecule has 0 heterocycles. The highest BCUT2D eigenvalue weighted by Gasteiger charge is 2.39. The third-order valence-corrected chi connectivity index (χ3v) is 7.34. The van der Waals surface area contributed by atoms with Crippen molar-refractivity contribution in [2.45, 2.75) is 149 Å². The second kappa shape index (κ2) is 16.7. The van der Waals surface area contributed by atoms with E-state index < -0.39 is 0 Å². The summed E-state index contributed by atoms with van der Waals surface area (Å²) >= 11 is 0. The first-order valence-corrected chi connectivity index (χ1v) is 12.8. The molecule has 0 fully saturated rings. The maximum Gasteiger partial charge on any atom is 0.0151 e. The van der Waals surface area contributed by atoms with Crippen molar-refractivity contribution in [3.8, 4) is 0 Å². The Kier molecular flexibility index (Phi) is 16.6. The quantitative estimate of drug-likeness (QED) is 0.205. The van der Waals surface area contributed by atoms with Gasteiger partial charge in [0.05, 0.1) is 0 Å². The lowest BCUT2D eigenvalue weighted by Crippen LogP contribution is -2.51. The Morgan fingerprint density at radius 2 is 0.929 bits per heavy atom. The molecular weight excluding hydrogens is 340 g/mol. The molecule has 0 aromatic heterocycles. The molecule has 0 aliphatic rings. The molecule has 4 N–H and O–H groups in total. The molecule has 0 saturated heterocycles. The van der Waals surface area contributed by atoms with Crippen LogP contribution in [0.4, 0.5) is 0 Å². The van der Waals surface area contributed by atoms with Crippen molar-refractivity contribution in [3.05, 3.63) is 0 Å². The van der Waals surface area contributed by atoms with Crippen LogP contribution in [0.5, 0.6) is 0 Å². The first-order chi connectivity index (χ1) is 13.3. The van der Waals surface area contributed by atoms with Crippen LogP contribution in [0.15, 0.2) is 0 Å². The SMILES string of the molecule is CCCCCCCCCCCCC(CCCCCCCN)C(C)(C)C(C)(C)N. The Labute approximate surface area is 179 Å². The standard InChI is InChI=1S/C26H56N2/c1-6-7-8-9-10-11-12-13-15-18-21-24(25(2,3)26(4,5)28)22-19-16-14-17-20-23-27/h24H,6-23,27-28H2,1-5H3. The summed E-state index contributed by atoms with van der Waals surface area (Å²) in [5.41, 5.74) is 12.3. The largest absolute Gasteiger partial charge is 0.330 e. The Balaban J connectivity index is 4.11. The van der Waals surface area contributed by atoms with Gasteiger partial charge in [0.25, 0.3) is 0 Å². The van der Waals surface area contributed by atoms with Gasteiger partial charge in [-0.3, -0.25) is 0 Å². The molecule has 0 aromatic carbocycles. The van der Waals surface area contributed by atoms with Crippen LogP contribution in [0.2, 0.25) is 0 Å². The summed E-state index contributed by atoms with van der Waals surface area (Å²) in [6, 6.07) is 0. The van der Waals surface area contributed by atoms with Gasteiger partial charge in [0, 0.05) is 5.54 Å². The van der Waals surface area contributed by atoms with Gasteiger partial charge in [-0.25, -0.2) is 0 Å². The van der Waals surface area contributed by atoms with Crippen LogP contribution in [0.3, 0.4) is 0 Å². The first-order valence-electron chi connectivity index (χ1n) is 12.8. The van der Waals surface area contributed by atoms with Crippen LogP contribution in [0, 0.1) is 11.3 Å². The number of hydrogen-bond acceptors (Lipinski definition) is 2. The molecule has 2 nitrogen and oxygen atoms in total. The summed E-state index contributed by atoms with van der Waals surface area (Å²) in [5, 5.41) is 0. The van der Waals surface area contributed by atoms with Gasteiger partial charge in [-0.2, -0.15) is 0 Å². The lowest BCUT2D eigenvalue weighted by Gasteiger charge is -2.45. The van der Waals surface area contributed by atoms with Crippen molar-refractivity contribution in [2.75, 3.05) is 6.54 Å². The molecule has 0 spiro atoms. The van der Waals surface area contributed by atoms with E-state index in [1.165, 1.54) is 109 Å². The van der Waals surface area contributed by atoms with Gasteiger partial charge in [-0.05, 0) is 51.0 Å². The topological polar surface area (TPSA) is 52.0 Å². The number of unbranched alkanes of at least 4 members (excludes halogenated alkanes) is 13. The highest BCUT2D eigenvalue weighted by Crippen LogP contribution is 2.42. The summed E-state index contributed by atoms with van der Waals surface area (Å²) in [7, 11) is 0. The van der Waals surface area contributed by atoms with E-state index in [4.69, 9.17) is 11.5 Å². The van der Waals surface area contributed by atoms with E-state index in [9.17, 15) is 0 Å². The minimum Gasteiger partial charge on any atom is -0.330 e. The predicted molar refractivity (Wildman–Crippen MR) is 129 cm³/mol. The monoisotopic (exact) mass is 396 g/mol. The molecule has 28 heavy (non-hydrogen) atoms. The smallest absolute Gasteiger partial charge is 0.0151 e. The molecule has 0 amide bonds.